The van der Waals surface area contributed by atoms with Crippen LogP contribution in [0.2, 0.25) is 0 Å². The highest BCUT2D eigenvalue weighted by Gasteiger charge is 2.34. The lowest BCUT2D eigenvalue weighted by molar-refractivity contribution is -0.137. The van der Waals surface area contributed by atoms with Crippen LogP contribution in [-0.2, 0) is 13.2 Å². The fourth-order valence-electron chi connectivity index (χ4n) is 1.95. The molecule has 0 unspecified atom stereocenters. The molecule has 106 valence electrons. The van der Waals surface area contributed by atoms with Gasteiger partial charge >= 0.3 is 12.1 Å². The lowest BCUT2D eigenvalue weighted by Gasteiger charge is -2.12. The fourth-order valence-corrected chi connectivity index (χ4v) is 1.95. The van der Waals surface area contributed by atoms with Gasteiger partial charge in [-0.05, 0) is 13.0 Å². The van der Waals surface area contributed by atoms with Crippen LogP contribution < -0.4 is 0 Å². The van der Waals surface area contributed by atoms with Crippen LogP contribution in [0.3, 0.4) is 0 Å². The number of nitrogens with zero attached hydrogens (tertiary/aromatic N) is 2. The van der Waals surface area contributed by atoms with Gasteiger partial charge in [-0.1, -0.05) is 18.2 Å². The second-order valence-electron chi connectivity index (χ2n) is 4.28. The van der Waals surface area contributed by atoms with Gasteiger partial charge in [0.15, 0.2) is 5.69 Å². The Hall–Kier alpha value is -2.31. The molecule has 0 aliphatic rings. The largest absolute Gasteiger partial charge is 0.476 e. The molecule has 0 atom stereocenters. The first-order valence-electron chi connectivity index (χ1n) is 5.66. The maximum Gasteiger partial charge on any atom is 0.417 e. The number of hydrogen-bond acceptors (Lipinski definition) is 2. The van der Waals surface area contributed by atoms with E-state index in [1.165, 1.54) is 36.7 Å². The van der Waals surface area contributed by atoms with Crippen LogP contribution in [0.5, 0.6) is 0 Å². The van der Waals surface area contributed by atoms with Crippen molar-refractivity contribution in [3.8, 4) is 11.4 Å². The van der Waals surface area contributed by atoms with Crippen LogP contribution in [0.15, 0.2) is 24.3 Å². The van der Waals surface area contributed by atoms with Crippen LogP contribution in [0.25, 0.3) is 11.4 Å². The highest BCUT2D eigenvalue weighted by atomic mass is 19.4. The first-order chi connectivity index (χ1) is 9.23. The molecule has 0 saturated carbocycles. The topological polar surface area (TPSA) is 55.1 Å². The summed E-state index contributed by atoms with van der Waals surface area (Å²) in [5.41, 5.74) is -0.938. The van der Waals surface area contributed by atoms with Gasteiger partial charge in [0.1, 0.15) is 5.82 Å². The summed E-state index contributed by atoms with van der Waals surface area (Å²) in [6.07, 6.45) is -4.53. The van der Waals surface area contributed by atoms with Gasteiger partial charge in [-0.2, -0.15) is 13.2 Å². The van der Waals surface area contributed by atoms with Crippen molar-refractivity contribution in [1.82, 2.24) is 9.55 Å². The van der Waals surface area contributed by atoms with Crippen molar-refractivity contribution in [1.29, 1.82) is 0 Å². The molecule has 1 aromatic heterocycles. The molecule has 1 N–H and O–H groups in total. The zero-order valence-corrected chi connectivity index (χ0v) is 10.7. The maximum atomic E-state index is 13.0. The Morgan fingerprint density at radius 2 is 1.90 bits per heavy atom. The number of rotatable bonds is 2. The summed E-state index contributed by atoms with van der Waals surface area (Å²) < 4.78 is 40.3. The van der Waals surface area contributed by atoms with Gasteiger partial charge in [0.25, 0.3) is 0 Å². The molecule has 20 heavy (non-hydrogen) atoms. The Labute approximate surface area is 112 Å². The van der Waals surface area contributed by atoms with Crippen LogP contribution in [0.1, 0.15) is 21.7 Å². The molecule has 0 bridgehead atoms. The van der Waals surface area contributed by atoms with Gasteiger partial charge in [0.05, 0.1) is 5.56 Å². The van der Waals surface area contributed by atoms with Crippen LogP contribution in [0, 0.1) is 6.92 Å². The zero-order chi connectivity index (χ0) is 15.1. The smallest absolute Gasteiger partial charge is 0.417 e. The predicted octanol–water partition coefficient (Wildman–Crippen LogP) is 3.11. The van der Waals surface area contributed by atoms with Crippen molar-refractivity contribution in [3.05, 3.63) is 41.2 Å². The Balaban J connectivity index is 2.70. The number of imidazole rings is 1. The molecule has 1 heterocycles. The number of carbonyl (C=O) groups is 1. The third-order valence-electron chi connectivity index (χ3n) is 3.06. The minimum Gasteiger partial charge on any atom is -0.476 e. The number of aromatic carboxylic acids is 1. The maximum absolute atomic E-state index is 13.0. The summed E-state index contributed by atoms with van der Waals surface area (Å²) in [4.78, 5) is 14.8. The Morgan fingerprint density at radius 1 is 1.30 bits per heavy atom. The molecular weight excluding hydrogens is 273 g/mol. The van der Waals surface area contributed by atoms with E-state index in [-0.39, 0.29) is 17.1 Å². The number of aromatic nitrogens is 2. The molecule has 0 aliphatic carbocycles. The first kappa shape index (κ1) is 14.1. The molecule has 2 aromatic rings. The molecule has 1 aromatic carbocycles. The third kappa shape index (κ3) is 2.26. The Morgan fingerprint density at radius 3 is 2.40 bits per heavy atom. The monoisotopic (exact) mass is 284 g/mol. The number of hydrogen-bond donors (Lipinski definition) is 1. The second-order valence-corrected chi connectivity index (χ2v) is 4.28. The van der Waals surface area contributed by atoms with Crippen LogP contribution in [-0.4, -0.2) is 20.6 Å². The second kappa shape index (κ2) is 4.66. The summed E-state index contributed by atoms with van der Waals surface area (Å²) in [5.74, 6) is -1.29. The lowest BCUT2D eigenvalue weighted by Crippen LogP contribution is -2.08. The summed E-state index contributed by atoms with van der Waals surface area (Å²) in [6.45, 7) is 1.50. The average Bonchev–Trinajstić information content (AvgIpc) is 2.65. The van der Waals surface area contributed by atoms with Gasteiger partial charge in [0, 0.05) is 18.3 Å². The molecule has 4 nitrogen and oxygen atoms in total. The van der Waals surface area contributed by atoms with Gasteiger partial charge < -0.3 is 9.67 Å². The van der Waals surface area contributed by atoms with E-state index < -0.39 is 17.7 Å². The molecular formula is C13H11F3N2O2. The van der Waals surface area contributed by atoms with Gasteiger partial charge in [-0.3, -0.25) is 0 Å². The van der Waals surface area contributed by atoms with E-state index in [1.54, 1.807) is 0 Å². The first-order valence-corrected chi connectivity index (χ1v) is 5.66. The standard InChI is InChI=1S/C13H11F3N2O2/c1-7-10(12(19)20)17-11(18(7)2)8-5-3-4-6-9(8)13(14,15)16/h3-6H,1-2H3,(H,19,20). The van der Waals surface area contributed by atoms with E-state index in [1.807, 2.05) is 0 Å². The number of carboxylic acid groups (broad SMARTS) is 1. The molecule has 0 spiro atoms. The van der Waals surface area contributed by atoms with Crippen LogP contribution >= 0.6 is 0 Å². The summed E-state index contributed by atoms with van der Waals surface area (Å²) in [7, 11) is 1.48. The molecule has 7 heteroatoms. The average molecular weight is 284 g/mol. The Bertz CT molecular complexity index is 675. The number of alkyl halides is 3. The fraction of sp³-hybridized carbons (Fsp3) is 0.231. The predicted molar refractivity (Wildman–Crippen MR) is 65.3 cm³/mol. The minimum atomic E-state index is -4.53. The van der Waals surface area contributed by atoms with Gasteiger partial charge in [0.2, 0.25) is 0 Å². The van der Waals surface area contributed by atoms with Crippen LogP contribution in [0.4, 0.5) is 13.2 Å². The molecule has 0 saturated heterocycles. The molecule has 2 rings (SSSR count). The van der Waals surface area contributed by atoms with E-state index >= 15 is 0 Å². The number of carboxylic acids is 1. The third-order valence-corrected chi connectivity index (χ3v) is 3.06. The van der Waals surface area contributed by atoms with E-state index in [0.717, 1.165) is 6.07 Å². The van der Waals surface area contributed by atoms with E-state index in [0.29, 0.717) is 5.69 Å². The highest BCUT2D eigenvalue weighted by molar-refractivity contribution is 5.88. The van der Waals surface area contributed by atoms with E-state index in [9.17, 15) is 18.0 Å². The van der Waals surface area contributed by atoms with Crippen molar-refractivity contribution in [3.63, 3.8) is 0 Å². The quantitative estimate of drug-likeness (QED) is 0.921. The summed E-state index contributed by atoms with van der Waals surface area (Å²) >= 11 is 0. The molecule has 0 aliphatic heterocycles. The molecule has 0 amide bonds. The Kier molecular flexibility index (Phi) is 3.29. The zero-order valence-electron chi connectivity index (χ0n) is 10.7. The van der Waals surface area contributed by atoms with Crippen molar-refractivity contribution >= 4 is 5.97 Å². The van der Waals surface area contributed by atoms with Crippen molar-refractivity contribution < 1.29 is 23.1 Å². The van der Waals surface area contributed by atoms with Crippen molar-refractivity contribution in [2.24, 2.45) is 7.05 Å². The van der Waals surface area contributed by atoms with E-state index in [2.05, 4.69) is 4.98 Å². The van der Waals surface area contributed by atoms with Crippen molar-refractivity contribution in [2.45, 2.75) is 13.1 Å². The number of benzene rings is 1. The minimum absolute atomic E-state index is 0.0205. The number of halogens is 3. The highest BCUT2D eigenvalue weighted by Crippen LogP contribution is 2.36. The van der Waals surface area contributed by atoms with Gasteiger partial charge in [-0.25, -0.2) is 9.78 Å². The van der Waals surface area contributed by atoms with E-state index in [4.69, 9.17) is 5.11 Å². The molecule has 0 fully saturated rings. The van der Waals surface area contributed by atoms with Gasteiger partial charge in [-0.15, -0.1) is 0 Å². The molecule has 0 radical (unpaired) electrons. The normalized spacial score (nSPS) is 11.7. The SMILES string of the molecule is Cc1c(C(=O)O)nc(-c2ccccc2C(F)(F)F)n1C. The summed E-state index contributed by atoms with van der Waals surface area (Å²) in [5, 5.41) is 8.98. The van der Waals surface area contributed by atoms with Crippen molar-refractivity contribution in [2.75, 3.05) is 0 Å². The summed E-state index contributed by atoms with van der Waals surface area (Å²) in [6, 6.07) is 4.95. The lowest BCUT2D eigenvalue weighted by atomic mass is 10.1.